The number of nitrogens with zero attached hydrogens (tertiary/aromatic N) is 1. The molecule has 0 aromatic heterocycles. The van der Waals surface area contributed by atoms with Gasteiger partial charge < -0.3 is 10.2 Å². The first-order chi connectivity index (χ1) is 10.3. The van der Waals surface area contributed by atoms with Crippen molar-refractivity contribution in [3.63, 3.8) is 0 Å². The number of nitrogens with one attached hydrogen (secondary N) is 1. The summed E-state index contributed by atoms with van der Waals surface area (Å²) in [5, 5.41) is 3.67. The molecule has 2 aliphatic rings. The summed E-state index contributed by atoms with van der Waals surface area (Å²) >= 11 is 0. The van der Waals surface area contributed by atoms with E-state index in [0.717, 1.165) is 0 Å². The van der Waals surface area contributed by atoms with Crippen molar-refractivity contribution >= 4 is 5.69 Å². The lowest BCUT2D eigenvalue weighted by Gasteiger charge is -2.39. The number of aryl methyl sites for hydroxylation is 1. The predicted octanol–water partition coefficient (Wildman–Crippen LogP) is 4.14. The first-order valence-electron chi connectivity index (χ1n) is 8.85. The van der Waals surface area contributed by atoms with Gasteiger partial charge >= 0.3 is 0 Å². The highest BCUT2D eigenvalue weighted by Gasteiger charge is 2.30. The maximum atomic E-state index is 3.67. The third-order valence-electron chi connectivity index (χ3n) is 5.66. The molecule has 116 valence electrons. The number of hydrogen-bond donors (Lipinski definition) is 1. The lowest BCUT2D eigenvalue weighted by atomic mass is 9.79. The van der Waals surface area contributed by atoms with Crippen molar-refractivity contribution in [2.45, 2.75) is 63.3 Å². The van der Waals surface area contributed by atoms with Crippen molar-refractivity contribution < 1.29 is 0 Å². The van der Waals surface area contributed by atoms with Crippen molar-refractivity contribution in [1.29, 1.82) is 0 Å². The molecule has 1 aliphatic carbocycles. The molecule has 0 bridgehead atoms. The molecule has 1 aromatic rings. The number of rotatable bonds is 4. The summed E-state index contributed by atoms with van der Waals surface area (Å²) in [7, 11) is 2.17. The van der Waals surface area contributed by atoms with Crippen molar-refractivity contribution in [2.75, 3.05) is 25.0 Å². The molecule has 2 nitrogen and oxygen atoms in total. The van der Waals surface area contributed by atoms with Crippen molar-refractivity contribution in [3.8, 4) is 0 Å². The lowest BCUT2D eigenvalue weighted by Crippen LogP contribution is -2.47. The Morgan fingerprint density at radius 2 is 1.86 bits per heavy atom. The Bertz CT molecular complexity index is 449. The second-order valence-corrected chi connectivity index (χ2v) is 6.91. The molecular weight excluding hydrogens is 256 g/mol. The van der Waals surface area contributed by atoms with Crippen LogP contribution >= 0.6 is 0 Å². The van der Waals surface area contributed by atoms with Gasteiger partial charge in [0.15, 0.2) is 0 Å². The Morgan fingerprint density at radius 3 is 2.67 bits per heavy atom. The molecule has 1 aliphatic heterocycles. The maximum Gasteiger partial charge on any atom is 0.0398 e. The minimum absolute atomic E-state index is 0.402. The molecule has 1 heterocycles. The number of anilines is 1. The SMILES string of the molecule is CNC1(CCN2CCCCc3ccccc32)CCCCC1. The standard InChI is InChI=1S/C19H30N2/c1-20-19(12-6-2-7-13-19)14-16-21-15-8-5-10-17-9-3-4-11-18(17)21/h3-4,9,11,20H,2,5-8,10,12-16H2,1H3. The summed E-state index contributed by atoms with van der Waals surface area (Å²) in [4.78, 5) is 2.65. The van der Waals surface area contributed by atoms with Gasteiger partial charge in [-0.05, 0) is 57.2 Å². The molecule has 3 rings (SSSR count). The van der Waals surface area contributed by atoms with Gasteiger partial charge in [-0.15, -0.1) is 0 Å². The third-order valence-corrected chi connectivity index (χ3v) is 5.66. The van der Waals surface area contributed by atoms with Gasteiger partial charge in [-0.2, -0.15) is 0 Å². The van der Waals surface area contributed by atoms with Crippen LogP contribution in [0, 0.1) is 0 Å². The van der Waals surface area contributed by atoms with Crippen LogP contribution in [0.1, 0.15) is 56.9 Å². The number of benzene rings is 1. The minimum atomic E-state index is 0.402. The summed E-state index contributed by atoms with van der Waals surface area (Å²) in [5.74, 6) is 0. The second kappa shape index (κ2) is 6.83. The van der Waals surface area contributed by atoms with Crippen molar-refractivity contribution in [1.82, 2.24) is 5.32 Å². The molecule has 1 fully saturated rings. The largest absolute Gasteiger partial charge is 0.371 e. The van der Waals surface area contributed by atoms with Crippen LogP contribution in [0.2, 0.25) is 0 Å². The van der Waals surface area contributed by atoms with Crippen LogP contribution in [0.25, 0.3) is 0 Å². The van der Waals surface area contributed by atoms with Crippen LogP contribution in [0.5, 0.6) is 0 Å². The molecule has 0 saturated heterocycles. The van der Waals surface area contributed by atoms with E-state index < -0.39 is 0 Å². The summed E-state index contributed by atoms with van der Waals surface area (Å²) in [5.41, 5.74) is 3.45. The molecule has 0 atom stereocenters. The van der Waals surface area contributed by atoms with E-state index >= 15 is 0 Å². The molecule has 1 N–H and O–H groups in total. The highest BCUT2D eigenvalue weighted by atomic mass is 15.1. The summed E-state index contributed by atoms with van der Waals surface area (Å²) < 4.78 is 0. The van der Waals surface area contributed by atoms with E-state index in [1.165, 1.54) is 76.6 Å². The average molecular weight is 286 g/mol. The van der Waals surface area contributed by atoms with Gasteiger partial charge in [-0.3, -0.25) is 0 Å². The average Bonchev–Trinajstić information content (AvgIpc) is 2.76. The fourth-order valence-electron chi connectivity index (χ4n) is 4.20. The molecule has 21 heavy (non-hydrogen) atoms. The van der Waals surface area contributed by atoms with Crippen LogP contribution in [-0.2, 0) is 6.42 Å². The Labute approximate surface area is 129 Å². The summed E-state index contributed by atoms with van der Waals surface area (Å²) in [6, 6.07) is 9.04. The van der Waals surface area contributed by atoms with Crippen LogP contribution < -0.4 is 10.2 Å². The highest BCUT2D eigenvalue weighted by Crippen LogP contribution is 2.32. The van der Waals surface area contributed by atoms with E-state index in [0.29, 0.717) is 5.54 Å². The fourth-order valence-corrected chi connectivity index (χ4v) is 4.20. The van der Waals surface area contributed by atoms with Gasteiger partial charge in [0.2, 0.25) is 0 Å². The Balaban J connectivity index is 1.69. The van der Waals surface area contributed by atoms with E-state index in [1.807, 2.05) is 0 Å². The van der Waals surface area contributed by atoms with E-state index in [4.69, 9.17) is 0 Å². The van der Waals surface area contributed by atoms with Gasteiger partial charge in [0.25, 0.3) is 0 Å². The van der Waals surface area contributed by atoms with E-state index in [-0.39, 0.29) is 0 Å². The molecular formula is C19H30N2. The van der Waals surface area contributed by atoms with Crippen molar-refractivity contribution in [3.05, 3.63) is 29.8 Å². The summed E-state index contributed by atoms with van der Waals surface area (Å²) in [6.45, 7) is 2.44. The predicted molar refractivity (Wildman–Crippen MR) is 91.1 cm³/mol. The molecule has 0 amide bonds. The van der Waals surface area contributed by atoms with E-state index in [1.54, 1.807) is 5.56 Å². The monoisotopic (exact) mass is 286 g/mol. The number of hydrogen-bond acceptors (Lipinski definition) is 2. The smallest absolute Gasteiger partial charge is 0.0398 e. The Hall–Kier alpha value is -1.02. The number of para-hydroxylation sites is 1. The van der Waals surface area contributed by atoms with Gasteiger partial charge in [-0.1, -0.05) is 37.5 Å². The van der Waals surface area contributed by atoms with Gasteiger partial charge in [0.1, 0.15) is 0 Å². The first kappa shape index (κ1) is 14.9. The summed E-state index contributed by atoms with van der Waals surface area (Å²) in [6.07, 6.45) is 12.2. The first-order valence-corrected chi connectivity index (χ1v) is 8.85. The maximum absolute atomic E-state index is 3.67. The van der Waals surface area contributed by atoms with Crippen LogP contribution in [0.3, 0.4) is 0 Å². The Kier molecular flexibility index (Phi) is 4.84. The molecule has 0 spiro atoms. The zero-order chi connectivity index (χ0) is 14.5. The van der Waals surface area contributed by atoms with Gasteiger partial charge in [0.05, 0.1) is 0 Å². The lowest BCUT2D eigenvalue weighted by molar-refractivity contribution is 0.232. The minimum Gasteiger partial charge on any atom is -0.371 e. The second-order valence-electron chi connectivity index (χ2n) is 6.91. The third kappa shape index (κ3) is 3.42. The molecule has 1 saturated carbocycles. The zero-order valence-electron chi connectivity index (χ0n) is 13.5. The van der Waals surface area contributed by atoms with Crippen LogP contribution in [0.4, 0.5) is 5.69 Å². The van der Waals surface area contributed by atoms with E-state index in [2.05, 4.69) is 41.5 Å². The molecule has 0 unspecified atom stereocenters. The topological polar surface area (TPSA) is 15.3 Å². The van der Waals surface area contributed by atoms with E-state index in [9.17, 15) is 0 Å². The van der Waals surface area contributed by atoms with Gasteiger partial charge in [-0.25, -0.2) is 0 Å². The van der Waals surface area contributed by atoms with Crippen LogP contribution in [0.15, 0.2) is 24.3 Å². The molecule has 1 aromatic carbocycles. The highest BCUT2D eigenvalue weighted by molar-refractivity contribution is 5.54. The van der Waals surface area contributed by atoms with Crippen LogP contribution in [-0.4, -0.2) is 25.7 Å². The Morgan fingerprint density at radius 1 is 1.05 bits per heavy atom. The van der Waals surface area contributed by atoms with Gasteiger partial charge in [0, 0.05) is 24.3 Å². The molecule has 0 radical (unpaired) electrons. The normalized spacial score (nSPS) is 21.7. The fraction of sp³-hybridized carbons (Fsp3) is 0.684. The quantitative estimate of drug-likeness (QED) is 0.895. The van der Waals surface area contributed by atoms with Crippen molar-refractivity contribution in [2.24, 2.45) is 0 Å². The zero-order valence-corrected chi connectivity index (χ0v) is 13.5. The number of fused-ring (bicyclic) bond motifs is 1. The molecule has 2 heteroatoms.